The molecule has 7 heteroatoms. The van der Waals surface area contributed by atoms with Crippen LogP contribution in [0.15, 0.2) is 6.07 Å². The van der Waals surface area contributed by atoms with Crippen molar-refractivity contribution in [2.45, 2.75) is 13.3 Å². The van der Waals surface area contributed by atoms with Gasteiger partial charge in [-0.1, -0.05) is 0 Å². The van der Waals surface area contributed by atoms with Crippen molar-refractivity contribution < 1.29 is 18.4 Å². The molecule has 0 aliphatic rings. The number of nitro groups is 1. The Morgan fingerprint density at radius 2 is 2.20 bits per heavy atom. The van der Waals surface area contributed by atoms with Gasteiger partial charge in [0.25, 0.3) is 0 Å². The van der Waals surface area contributed by atoms with Gasteiger partial charge in [0.2, 0.25) is 5.69 Å². The van der Waals surface area contributed by atoms with Crippen LogP contribution in [0.5, 0.6) is 5.75 Å². The number of hydrogen-bond donors (Lipinski definition) is 0. The molecule has 0 N–H and O–H groups in total. The minimum Gasteiger partial charge on any atom is -0.496 e. The first-order valence-electron chi connectivity index (χ1n) is 3.95. The van der Waals surface area contributed by atoms with Crippen molar-refractivity contribution in [2.24, 2.45) is 0 Å². The Balaban J connectivity index is 3.38. The minimum atomic E-state index is -2.86. The van der Waals surface area contributed by atoms with Crippen LogP contribution in [0.4, 0.5) is 14.6 Å². The molecule has 1 aromatic heterocycles. The van der Waals surface area contributed by atoms with Crippen molar-refractivity contribution in [2.75, 3.05) is 7.11 Å². The number of nitrogens with zero attached hydrogens (tertiary/aromatic N) is 2. The normalized spacial score (nSPS) is 10.5. The molecule has 0 radical (unpaired) electrons. The Kier molecular flexibility index (Phi) is 3.13. The Hall–Kier alpha value is -1.79. The quantitative estimate of drug-likeness (QED) is 0.576. The molecular formula is C8H8F2N2O3. The smallest absolute Gasteiger partial charge is 0.370 e. The van der Waals surface area contributed by atoms with Crippen molar-refractivity contribution in [1.82, 2.24) is 4.98 Å². The number of methoxy groups -OCH3 is 1. The third-order valence-corrected chi connectivity index (χ3v) is 1.84. The summed E-state index contributed by atoms with van der Waals surface area (Å²) in [5.74, 6) is -0.573. The maximum atomic E-state index is 12.3. The number of halogens is 2. The van der Waals surface area contributed by atoms with Crippen LogP contribution in [0.2, 0.25) is 0 Å². The number of alkyl halides is 2. The fourth-order valence-electron chi connectivity index (χ4n) is 1.09. The monoisotopic (exact) mass is 218 g/mol. The summed E-state index contributed by atoms with van der Waals surface area (Å²) in [4.78, 5) is 12.9. The zero-order valence-electron chi connectivity index (χ0n) is 8.03. The van der Waals surface area contributed by atoms with Crippen LogP contribution in [-0.2, 0) is 0 Å². The van der Waals surface area contributed by atoms with Crippen molar-refractivity contribution in [3.63, 3.8) is 0 Å². The van der Waals surface area contributed by atoms with Crippen LogP contribution in [0.3, 0.4) is 0 Å². The molecule has 1 aromatic rings. The summed E-state index contributed by atoms with van der Waals surface area (Å²) in [7, 11) is 1.25. The lowest BCUT2D eigenvalue weighted by molar-refractivity contribution is -0.390. The molecule has 0 aliphatic heterocycles. The van der Waals surface area contributed by atoms with E-state index in [1.807, 2.05) is 0 Å². The molecule has 0 aliphatic carbocycles. The van der Waals surface area contributed by atoms with Crippen LogP contribution in [0, 0.1) is 17.0 Å². The fraction of sp³-hybridized carbons (Fsp3) is 0.375. The maximum absolute atomic E-state index is 12.3. The zero-order valence-corrected chi connectivity index (χ0v) is 8.03. The van der Waals surface area contributed by atoms with E-state index >= 15 is 0 Å². The molecule has 0 unspecified atom stereocenters. The summed E-state index contributed by atoms with van der Waals surface area (Å²) in [6, 6.07) is 0.993. The average Bonchev–Trinajstić information content (AvgIpc) is 2.17. The van der Waals surface area contributed by atoms with Crippen molar-refractivity contribution >= 4 is 5.82 Å². The highest BCUT2D eigenvalue weighted by atomic mass is 19.3. The number of hydrogen-bond acceptors (Lipinski definition) is 4. The average molecular weight is 218 g/mol. The molecule has 5 nitrogen and oxygen atoms in total. The third-order valence-electron chi connectivity index (χ3n) is 1.84. The van der Waals surface area contributed by atoms with Gasteiger partial charge in [0.1, 0.15) is 5.75 Å². The van der Waals surface area contributed by atoms with E-state index in [0.29, 0.717) is 0 Å². The molecule has 0 saturated heterocycles. The molecule has 0 saturated carbocycles. The van der Waals surface area contributed by atoms with E-state index in [-0.39, 0.29) is 11.3 Å². The first-order chi connectivity index (χ1) is 6.97. The molecule has 0 atom stereocenters. The van der Waals surface area contributed by atoms with Crippen LogP contribution in [0.25, 0.3) is 0 Å². The first-order valence-corrected chi connectivity index (χ1v) is 3.95. The van der Waals surface area contributed by atoms with Crippen LogP contribution in [-0.4, -0.2) is 17.0 Å². The number of aromatic nitrogens is 1. The first kappa shape index (κ1) is 11.3. The van der Waals surface area contributed by atoms with E-state index < -0.39 is 22.9 Å². The Labute approximate surface area is 83.8 Å². The van der Waals surface area contributed by atoms with Crippen molar-refractivity contribution in [3.8, 4) is 5.75 Å². The molecule has 0 aromatic carbocycles. The Morgan fingerprint density at radius 1 is 1.60 bits per heavy atom. The van der Waals surface area contributed by atoms with E-state index in [1.54, 1.807) is 0 Å². The molecule has 0 fully saturated rings. The molecule has 1 heterocycles. The van der Waals surface area contributed by atoms with Gasteiger partial charge in [0, 0.05) is 6.07 Å². The molecule has 82 valence electrons. The largest absolute Gasteiger partial charge is 0.496 e. The minimum absolute atomic E-state index is 0.0343. The predicted molar refractivity (Wildman–Crippen MR) is 47.1 cm³/mol. The standard InChI is InChI=1S/C8H8F2N2O3/c1-4-6(15-2)3-5(7(9)10)11-8(4)12(13)14/h3,7H,1-2H3. The van der Waals surface area contributed by atoms with Crippen LogP contribution >= 0.6 is 0 Å². The van der Waals surface area contributed by atoms with Gasteiger partial charge in [-0.15, -0.1) is 0 Å². The number of ether oxygens (including phenoxy) is 1. The summed E-state index contributed by atoms with van der Waals surface area (Å²) in [5.41, 5.74) is -0.531. The molecule has 0 amide bonds. The van der Waals surface area contributed by atoms with Gasteiger partial charge >= 0.3 is 12.2 Å². The second-order valence-electron chi connectivity index (χ2n) is 2.76. The lowest BCUT2D eigenvalue weighted by Crippen LogP contribution is -2.02. The summed E-state index contributed by atoms with van der Waals surface area (Å²) < 4.78 is 29.4. The molecular weight excluding hydrogens is 210 g/mol. The van der Waals surface area contributed by atoms with Gasteiger partial charge in [0.15, 0.2) is 0 Å². The van der Waals surface area contributed by atoms with E-state index in [2.05, 4.69) is 4.98 Å². The zero-order chi connectivity index (χ0) is 11.6. The topological polar surface area (TPSA) is 65.3 Å². The third kappa shape index (κ3) is 2.17. The highest BCUT2D eigenvalue weighted by Crippen LogP contribution is 2.30. The van der Waals surface area contributed by atoms with Crippen molar-refractivity contribution in [1.29, 1.82) is 0 Å². The fourth-order valence-corrected chi connectivity index (χ4v) is 1.09. The van der Waals surface area contributed by atoms with Gasteiger partial charge in [-0.2, -0.15) is 0 Å². The summed E-state index contributed by atoms with van der Waals surface area (Å²) in [6.07, 6.45) is -2.86. The second-order valence-corrected chi connectivity index (χ2v) is 2.76. The number of pyridine rings is 1. The van der Waals surface area contributed by atoms with E-state index in [0.717, 1.165) is 6.07 Å². The Morgan fingerprint density at radius 3 is 2.60 bits per heavy atom. The van der Waals surface area contributed by atoms with Gasteiger partial charge in [-0.3, -0.25) is 0 Å². The second kappa shape index (κ2) is 4.16. The highest BCUT2D eigenvalue weighted by molar-refractivity contribution is 5.44. The van der Waals surface area contributed by atoms with Gasteiger partial charge < -0.3 is 14.9 Å². The van der Waals surface area contributed by atoms with Crippen LogP contribution < -0.4 is 4.74 Å². The summed E-state index contributed by atoms with van der Waals surface area (Å²) >= 11 is 0. The SMILES string of the molecule is COc1cc(C(F)F)nc([N+](=O)[O-])c1C. The van der Waals surface area contributed by atoms with E-state index in [4.69, 9.17) is 4.74 Å². The number of rotatable bonds is 3. The molecule has 15 heavy (non-hydrogen) atoms. The predicted octanol–water partition coefficient (Wildman–Crippen LogP) is 2.24. The summed E-state index contributed by atoms with van der Waals surface area (Å²) in [6.45, 7) is 1.39. The maximum Gasteiger partial charge on any atom is 0.370 e. The summed E-state index contributed by atoms with van der Waals surface area (Å²) in [5, 5.41) is 10.5. The lowest BCUT2D eigenvalue weighted by atomic mass is 10.2. The molecule has 0 bridgehead atoms. The molecule has 0 spiro atoms. The van der Waals surface area contributed by atoms with Crippen molar-refractivity contribution in [3.05, 3.63) is 27.4 Å². The van der Waals surface area contributed by atoms with Gasteiger partial charge in [-0.25, -0.2) is 8.78 Å². The van der Waals surface area contributed by atoms with Crippen LogP contribution in [0.1, 0.15) is 17.7 Å². The van der Waals surface area contributed by atoms with Gasteiger partial charge in [-0.05, 0) is 16.8 Å². The van der Waals surface area contributed by atoms with E-state index in [1.165, 1.54) is 14.0 Å². The molecule has 1 rings (SSSR count). The van der Waals surface area contributed by atoms with Gasteiger partial charge in [0.05, 0.1) is 12.7 Å². The Bertz CT molecular complexity index is 396. The highest BCUT2D eigenvalue weighted by Gasteiger charge is 2.24. The lowest BCUT2D eigenvalue weighted by Gasteiger charge is -2.05. The van der Waals surface area contributed by atoms with E-state index in [9.17, 15) is 18.9 Å².